The second-order valence-electron chi connectivity index (χ2n) is 2.51. The van der Waals surface area contributed by atoms with E-state index in [0.29, 0.717) is 5.92 Å². The molecule has 0 amide bonds. The van der Waals surface area contributed by atoms with Crippen molar-refractivity contribution in [2.75, 3.05) is 26.2 Å². The Kier molecular flexibility index (Phi) is 6.98. The smallest absolute Gasteiger partial charge is 0.00110 e. The van der Waals surface area contributed by atoms with E-state index in [0.717, 1.165) is 26.2 Å². The minimum atomic E-state index is 0.670. The van der Waals surface area contributed by atoms with E-state index in [9.17, 15) is 0 Å². The zero-order valence-electron chi connectivity index (χ0n) is 6.82. The van der Waals surface area contributed by atoms with E-state index in [1.165, 1.54) is 0 Å². The van der Waals surface area contributed by atoms with E-state index in [1.54, 1.807) is 0 Å². The summed E-state index contributed by atoms with van der Waals surface area (Å²) in [6, 6.07) is 0. The summed E-state index contributed by atoms with van der Waals surface area (Å²) in [4.78, 5) is 0. The van der Waals surface area contributed by atoms with Gasteiger partial charge in [-0.05, 0) is 45.9 Å². The molecule has 0 spiro atoms. The lowest BCUT2D eigenvalue weighted by atomic mass is 10.2. The molecule has 0 fully saturated rings. The van der Waals surface area contributed by atoms with Crippen LogP contribution < -0.4 is 10.6 Å². The third kappa shape index (κ3) is 6.05. The van der Waals surface area contributed by atoms with Crippen LogP contribution in [0.25, 0.3) is 0 Å². The second kappa shape index (κ2) is 7.03. The van der Waals surface area contributed by atoms with Gasteiger partial charge in [0.05, 0.1) is 0 Å². The van der Waals surface area contributed by atoms with Gasteiger partial charge < -0.3 is 10.6 Å². The van der Waals surface area contributed by atoms with E-state index in [2.05, 4.69) is 31.4 Å². The summed E-state index contributed by atoms with van der Waals surface area (Å²) < 4.78 is 0. The number of hydrogen-bond acceptors (Lipinski definition) is 2. The molecular formula is C8H18N2. The van der Waals surface area contributed by atoms with Crippen LogP contribution in [-0.2, 0) is 0 Å². The van der Waals surface area contributed by atoms with Gasteiger partial charge in [0.25, 0.3) is 0 Å². The van der Waals surface area contributed by atoms with Gasteiger partial charge in [0.2, 0.25) is 0 Å². The first-order valence-corrected chi connectivity index (χ1v) is 3.81. The highest BCUT2D eigenvalue weighted by molar-refractivity contribution is 4.60. The highest BCUT2D eigenvalue weighted by atomic mass is 14.9. The molecule has 0 aliphatic carbocycles. The first-order chi connectivity index (χ1) is 4.81. The third-order valence-electron chi connectivity index (χ3n) is 1.34. The fourth-order valence-corrected chi connectivity index (χ4v) is 0.769. The Balaban J connectivity index is 3.00. The van der Waals surface area contributed by atoms with E-state index in [1.807, 2.05) is 0 Å². The van der Waals surface area contributed by atoms with Crippen molar-refractivity contribution in [1.82, 2.24) is 10.6 Å². The third-order valence-corrected chi connectivity index (χ3v) is 1.34. The van der Waals surface area contributed by atoms with Crippen LogP contribution in [0.15, 0.2) is 0 Å². The van der Waals surface area contributed by atoms with Gasteiger partial charge >= 0.3 is 0 Å². The maximum atomic E-state index is 3.69. The Bertz CT molecular complexity index is 56.3. The van der Waals surface area contributed by atoms with Crippen LogP contribution in [0.2, 0.25) is 0 Å². The molecule has 0 aromatic carbocycles. The van der Waals surface area contributed by atoms with Crippen molar-refractivity contribution < 1.29 is 0 Å². The summed E-state index contributed by atoms with van der Waals surface area (Å²) >= 11 is 0. The summed E-state index contributed by atoms with van der Waals surface area (Å²) in [5, 5.41) is 6.37. The zero-order chi connectivity index (χ0) is 7.82. The molecule has 2 heteroatoms. The summed E-state index contributed by atoms with van der Waals surface area (Å²) in [6.07, 6.45) is 0. The van der Waals surface area contributed by atoms with Crippen LogP contribution >= 0.6 is 0 Å². The fourth-order valence-electron chi connectivity index (χ4n) is 0.769. The lowest BCUT2D eigenvalue weighted by molar-refractivity contribution is 0.496. The lowest BCUT2D eigenvalue weighted by Gasteiger charge is -2.11. The first-order valence-electron chi connectivity index (χ1n) is 3.81. The molecule has 0 unspecified atom stereocenters. The molecule has 2 N–H and O–H groups in total. The van der Waals surface area contributed by atoms with Crippen molar-refractivity contribution in [3.63, 3.8) is 0 Å². The highest BCUT2D eigenvalue weighted by Gasteiger charge is 1.97. The van der Waals surface area contributed by atoms with E-state index in [-0.39, 0.29) is 0 Å². The Labute approximate surface area is 64.4 Å². The average Bonchev–Trinajstić information content (AvgIpc) is 1.97. The Hall–Kier alpha value is -0.0800. The van der Waals surface area contributed by atoms with Gasteiger partial charge in [-0.2, -0.15) is 0 Å². The summed E-state index contributed by atoms with van der Waals surface area (Å²) in [5.74, 6) is 0.670. The van der Waals surface area contributed by atoms with Crippen molar-refractivity contribution in [3.8, 4) is 0 Å². The molecule has 0 aromatic rings. The van der Waals surface area contributed by atoms with E-state index in [4.69, 9.17) is 0 Å². The normalized spacial score (nSPS) is 10.8. The standard InChI is InChI=1S/C8H18N2/c1-4-9-6-8(3)7-10-5-2/h8-10H,1-2,4-7H2,3H3. The molecule has 0 rings (SSSR count). The monoisotopic (exact) mass is 142 g/mol. The van der Waals surface area contributed by atoms with Crippen molar-refractivity contribution in [2.45, 2.75) is 6.92 Å². The maximum Gasteiger partial charge on any atom is -0.00110 e. The van der Waals surface area contributed by atoms with Crippen molar-refractivity contribution in [3.05, 3.63) is 13.8 Å². The average molecular weight is 142 g/mol. The summed E-state index contributed by atoms with van der Waals surface area (Å²) in [6.45, 7) is 13.3. The molecule has 0 bridgehead atoms. The summed E-state index contributed by atoms with van der Waals surface area (Å²) in [5.41, 5.74) is 0. The molecule has 0 aliphatic heterocycles. The van der Waals surface area contributed by atoms with E-state index >= 15 is 0 Å². The minimum absolute atomic E-state index is 0.670. The number of hydrogen-bond donors (Lipinski definition) is 2. The predicted molar refractivity (Wildman–Crippen MR) is 45.6 cm³/mol. The molecular weight excluding hydrogens is 124 g/mol. The Morgan fingerprint density at radius 2 is 1.50 bits per heavy atom. The van der Waals surface area contributed by atoms with Crippen LogP contribution in [0, 0.1) is 19.8 Å². The van der Waals surface area contributed by atoms with Gasteiger partial charge in [-0.15, -0.1) is 0 Å². The largest absolute Gasteiger partial charge is 0.316 e. The van der Waals surface area contributed by atoms with Gasteiger partial charge in [-0.1, -0.05) is 6.92 Å². The maximum absolute atomic E-state index is 3.69. The molecule has 0 aromatic heterocycles. The van der Waals surface area contributed by atoms with Crippen molar-refractivity contribution >= 4 is 0 Å². The van der Waals surface area contributed by atoms with Crippen molar-refractivity contribution in [1.29, 1.82) is 0 Å². The van der Waals surface area contributed by atoms with Crippen LogP contribution in [0.4, 0.5) is 0 Å². The molecule has 10 heavy (non-hydrogen) atoms. The molecule has 0 heterocycles. The van der Waals surface area contributed by atoms with Gasteiger partial charge in [0.15, 0.2) is 0 Å². The molecule has 0 saturated carbocycles. The molecule has 2 nitrogen and oxygen atoms in total. The SMILES string of the molecule is [CH2]CNCC(C)CNC[CH2]. The van der Waals surface area contributed by atoms with Gasteiger partial charge in [-0.3, -0.25) is 0 Å². The van der Waals surface area contributed by atoms with Crippen LogP contribution in [0.1, 0.15) is 6.92 Å². The molecule has 60 valence electrons. The highest BCUT2D eigenvalue weighted by Crippen LogP contribution is 1.87. The van der Waals surface area contributed by atoms with Crippen LogP contribution in [-0.4, -0.2) is 26.2 Å². The predicted octanol–water partition coefficient (Wildman–Crippen LogP) is 0.470. The molecule has 0 atom stereocenters. The van der Waals surface area contributed by atoms with Gasteiger partial charge in [0.1, 0.15) is 0 Å². The molecule has 0 aliphatic rings. The summed E-state index contributed by atoms with van der Waals surface area (Å²) in [7, 11) is 0. The minimum Gasteiger partial charge on any atom is -0.316 e. The van der Waals surface area contributed by atoms with Gasteiger partial charge in [-0.25, -0.2) is 0 Å². The molecule has 0 saturated heterocycles. The Morgan fingerprint density at radius 1 is 1.10 bits per heavy atom. The first kappa shape index (κ1) is 9.92. The lowest BCUT2D eigenvalue weighted by Crippen LogP contribution is -2.29. The van der Waals surface area contributed by atoms with Crippen LogP contribution in [0.5, 0.6) is 0 Å². The quantitative estimate of drug-likeness (QED) is 0.563. The molecule has 2 radical (unpaired) electrons. The van der Waals surface area contributed by atoms with E-state index < -0.39 is 0 Å². The number of nitrogens with one attached hydrogen (secondary N) is 2. The van der Waals surface area contributed by atoms with Crippen LogP contribution in [0.3, 0.4) is 0 Å². The zero-order valence-corrected chi connectivity index (χ0v) is 6.82. The second-order valence-corrected chi connectivity index (χ2v) is 2.51. The topological polar surface area (TPSA) is 24.1 Å². The van der Waals surface area contributed by atoms with Gasteiger partial charge in [0, 0.05) is 0 Å². The number of rotatable bonds is 6. The van der Waals surface area contributed by atoms with Crippen molar-refractivity contribution in [2.24, 2.45) is 5.92 Å². The fraction of sp³-hybridized carbons (Fsp3) is 0.750. The Morgan fingerprint density at radius 3 is 1.80 bits per heavy atom.